The van der Waals surface area contributed by atoms with Crippen molar-refractivity contribution < 1.29 is 9.53 Å². The lowest BCUT2D eigenvalue weighted by atomic mass is 10.1. The van der Waals surface area contributed by atoms with Crippen molar-refractivity contribution in [2.75, 3.05) is 0 Å². The molecular formula is C17H17ClO2. The second-order valence-corrected chi connectivity index (χ2v) is 5.04. The highest BCUT2D eigenvalue weighted by atomic mass is 35.5. The van der Waals surface area contributed by atoms with E-state index in [1.807, 2.05) is 49.4 Å². The number of carbonyl (C=O) groups is 1. The van der Waals surface area contributed by atoms with E-state index in [1.54, 1.807) is 12.1 Å². The van der Waals surface area contributed by atoms with Crippen molar-refractivity contribution in [2.45, 2.75) is 25.9 Å². The van der Waals surface area contributed by atoms with Crippen LogP contribution in [0.15, 0.2) is 54.6 Å². The SMILES string of the molecule is CCC(OC(=O)Cc1ccc(Cl)cc1)c1ccccc1. The van der Waals surface area contributed by atoms with Gasteiger partial charge in [-0.1, -0.05) is 61.0 Å². The van der Waals surface area contributed by atoms with Crippen molar-refractivity contribution in [3.8, 4) is 0 Å². The van der Waals surface area contributed by atoms with Crippen LogP contribution in [0.2, 0.25) is 5.02 Å². The van der Waals surface area contributed by atoms with Crippen LogP contribution in [0.25, 0.3) is 0 Å². The normalized spacial score (nSPS) is 11.9. The van der Waals surface area contributed by atoms with Crippen LogP contribution < -0.4 is 0 Å². The summed E-state index contributed by atoms with van der Waals surface area (Å²) in [5, 5.41) is 0.665. The number of hydrogen-bond donors (Lipinski definition) is 0. The number of ether oxygens (including phenoxy) is 1. The Morgan fingerprint density at radius 2 is 1.75 bits per heavy atom. The van der Waals surface area contributed by atoms with Gasteiger partial charge in [-0.2, -0.15) is 0 Å². The van der Waals surface area contributed by atoms with Gasteiger partial charge in [0, 0.05) is 5.02 Å². The zero-order chi connectivity index (χ0) is 14.4. The molecule has 0 fully saturated rings. The number of esters is 1. The van der Waals surface area contributed by atoms with Crippen LogP contribution in [0.3, 0.4) is 0 Å². The van der Waals surface area contributed by atoms with Crippen LogP contribution in [0.5, 0.6) is 0 Å². The third kappa shape index (κ3) is 4.10. The topological polar surface area (TPSA) is 26.3 Å². The molecule has 0 aliphatic heterocycles. The number of hydrogen-bond acceptors (Lipinski definition) is 2. The van der Waals surface area contributed by atoms with Gasteiger partial charge in [-0.05, 0) is 29.7 Å². The zero-order valence-corrected chi connectivity index (χ0v) is 12.1. The molecule has 2 nitrogen and oxygen atoms in total. The minimum Gasteiger partial charge on any atom is -0.457 e. The van der Waals surface area contributed by atoms with E-state index in [0.29, 0.717) is 5.02 Å². The lowest BCUT2D eigenvalue weighted by Gasteiger charge is -2.16. The molecule has 0 aliphatic rings. The van der Waals surface area contributed by atoms with E-state index in [4.69, 9.17) is 16.3 Å². The van der Waals surface area contributed by atoms with Crippen molar-refractivity contribution in [3.63, 3.8) is 0 Å². The molecular weight excluding hydrogens is 272 g/mol. The number of benzene rings is 2. The molecule has 104 valence electrons. The summed E-state index contributed by atoms with van der Waals surface area (Å²) in [6, 6.07) is 17.0. The van der Waals surface area contributed by atoms with Crippen molar-refractivity contribution in [3.05, 3.63) is 70.7 Å². The Morgan fingerprint density at radius 1 is 1.10 bits per heavy atom. The second kappa shape index (κ2) is 7.11. The summed E-state index contributed by atoms with van der Waals surface area (Å²) in [5.74, 6) is -0.219. The lowest BCUT2D eigenvalue weighted by molar-refractivity contribution is -0.148. The molecule has 2 rings (SSSR count). The Kier molecular flexibility index (Phi) is 5.19. The Morgan fingerprint density at radius 3 is 2.35 bits per heavy atom. The Hall–Kier alpha value is -1.80. The van der Waals surface area contributed by atoms with Gasteiger partial charge in [-0.15, -0.1) is 0 Å². The van der Waals surface area contributed by atoms with Gasteiger partial charge < -0.3 is 4.74 Å². The van der Waals surface area contributed by atoms with E-state index in [-0.39, 0.29) is 18.5 Å². The average molecular weight is 289 g/mol. The Labute approximate surface area is 124 Å². The molecule has 3 heteroatoms. The first-order chi connectivity index (χ1) is 9.69. The van der Waals surface area contributed by atoms with E-state index < -0.39 is 0 Å². The van der Waals surface area contributed by atoms with Crippen LogP contribution in [0, 0.1) is 0 Å². The van der Waals surface area contributed by atoms with E-state index in [1.165, 1.54) is 0 Å². The fraction of sp³-hybridized carbons (Fsp3) is 0.235. The smallest absolute Gasteiger partial charge is 0.310 e. The first-order valence-electron chi connectivity index (χ1n) is 6.68. The molecule has 0 spiro atoms. The van der Waals surface area contributed by atoms with Gasteiger partial charge in [-0.3, -0.25) is 4.79 Å². The predicted molar refractivity (Wildman–Crippen MR) is 80.7 cm³/mol. The lowest BCUT2D eigenvalue weighted by Crippen LogP contribution is -2.13. The first-order valence-corrected chi connectivity index (χ1v) is 7.05. The highest BCUT2D eigenvalue weighted by molar-refractivity contribution is 6.30. The van der Waals surface area contributed by atoms with Crippen molar-refractivity contribution in [2.24, 2.45) is 0 Å². The van der Waals surface area contributed by atoms with Crippen LogP contribution in [0.4, 0.5) is 0 Å². The largest absolute Gasteiger partial charge is 0.457 e. The van der Waals surface area contributed by atoms with Crippen LogP contribution in [-0.2, 0) is 16.0 Å². The fourth-order valence-electron chi connectivity index (χ4n) is 2.02. The van der Waals surface area contributed by atoms with Gasteiger partial charge >= 0.3 is 5.97 Å². The minimum atomic E-state index is -0.219. The minimum absolute atomic E-state index is 0.184. The van der Waals surface area contributed by atoms with Crippen LogP contribution >= 0.6 is 11.6 Å². The van der Waals surface area contributed by atoms with Crippen molar-refractivity contribution in [1.29, 1.82) is 0 Å². The molecule has 0 heterocycles. The molecule has 0 saturated heterocycles. The molecule has 2 aromatic carbocycles. The molecule has 20 heavy (non-hydrogen) atoms. The molecule has 0 N–H and O–H groups in total. The summed E-state index contributed by atoms with van der Waals surface area (Å²) in [7, 11) is 0. The Balaban J connectivity index is 1.97. The van der Waals surface area contributed by atoms with Gasteiger partial charge in [0.05, 0.1) is 6.42 Å². The highest BCUT2D eigenvalue weighted by Crippen LogP contribution is 2.21. The summed E-state index contributed by atoms with van der Waals surface area (Å²) in [5.41, 5.74) is 1.93. The van der Waals surface area contributed by atoms with Gasteiger partial charge in [0.1, 0.15) is 6.10 Å². The van der Waals surface area contributed by atoms with E-state index in [0.717, 1.165) is 17.5 Å². The van der Waals surface area contributed by atoms with E-state index in [9.17, 15) is 4.79 Å². The molecule has 1 unspecified atom stereocenters. The van der Waals surface area contributed by atoms with Gasteiger partial charge in [0.2, 0.25) is 0 Å². The fourth-order valence-corrected chi connectivity index (χ4v) is 2.15. The highest BCUT2D eigenvalue weighted by Gasteiger charge is 2.14. The number of halogens is 1. The summed E-state index contributed by atoms with van der Waals surface area (Å²) in [4.78, 5) is 12.0. The van der Waals surface area contributed by atoms with Gasteiger partial charge in [-0.25, -0.2) is 0 Å². The maximum Gasteiger partial charge on any atom is 0.310 e. The van der Waals surface area contributed by atoms with Gasteiger partial charge in [0.25, 0.3) is 0 Å². The molecule has 0 aromatic heterocycles. The van der Waals surface area contributed by atoms with Crippen molar-refractivity contribution in [1.82, 2.24) is 0 Å². The molecule has 1 atom stereocenters. The second-order valence-electron chi connectivity index (χ2n) is 4.60. The maximum atomic E-state index is 12.0. The molecule has 0 amide bonds. The average Bonchev–Trinajstić information content (AvgIpc) is 2.48. The quantitative estimate of drug-likeness (QED) is 0.753. The molecule has 0 bridgehead atoms. The van der Waals surface area contributed by atoms with Crippen LogP contribution in [0.1, 0.15) is 30.6 Å². The van der Waals surface area contributed by atoms with Crippen LogP contribution in [-0.4, -0.2) is 5.97 Å². The van der Waals surface area contributed by atoms with E-state index >= 15 is 0 Å². The summed E-state index contributed by atoms with van der Waals surface area (Å²) in [6.07, 6.45) is 0.840. The number of carbonyl (C=O) groups excluding carboxylic acids is 1. The zero-order valence-electron chi connectivity index (χ0n) is 11.4. The first kappa shape index (κ1) is 14.6. The molecule has 2 aromatic rings. The third-order valence-electron chi connectivity index (χ3n) is 3.08. The monoisotopic (exact) mass is 288 g/mol. The van der Waals surface area contributed by atoms with Gasteiger partial charge in [0.15, 0.2) is 0 Å². The maximum absolute atomic E-state index is 12.0. The van der Waals surface area contributed by atoms with Crippen molar-refractivity contribution >= 4 is 17.6 Å². The summed E-state index contributed by atoms with van der Waals surface area (Å²) in [6.45, 7) is 2.01. The molecule has 0 saturated carbocycles. The summed E-state index contributed by atoms with van der Waals surface area (Å²) < 4.78 is 5.55. The van der Waals surface area contributed by atoms with E-state index in [2.05, 4.69) is 0 Å². The third-order valence-corrected chi connectivity index (χ3v) is 3.33. The standard InChI is InChI=1S/C17H17ClO2/c1-2-16(14-6-4-3-5-7-14)20-17(19)12-13-8-10-15(18)11-9-13/h3-11,16H,2,12H2,1H3. The Bertz CT molecular complexity index is 549. The molecule has 0 radical (unpaired) electrons. The predicted octanol–water partition coefficient (Wildman–Crippen LogP) is 4.58. The summed E-state index contributed by atoms with van der Waals surface area (Å²) >= 11 is 5.82. The number of rotatable bonds is 5. The molecule has 0 aliphatic carbocycles.